The van der Waals surface area contributed by atoms with Crippen molar-refractivity contribution in [2.45, 2.75) is 17.9 Å². The summed E-state index contributed by atoms with van der Waals surface area (Å²) < 4.78 is 31.5. The molecule has 0 aromatic heterocycles. The minimum atomic E-state index is -3.42. The van der Waals surface area contributed by atoms with Crippen LogP contribution < -0.4 is 5.73 Å². The SMILES string of the molecule is COCC1=CCN(S(=O)(=O)c2ccc(CN)cc2)CC1. The van der Waals surface area contributed by atoms with E-state index in [0.717, 1.165) is 11.1 Å². The van der Waals surface area contributed by atoms with Crippen LogP contribution >= 0.6 is 0 Å². The molecule has 0 atom stereocenters. The molecule has 0 spiro atoms. The highest BCUT2D eigenvalue weighted by Crippen LogP contribution is 2.20. The smallest absolute Gasteiger partial charge is 0.243 e. The van der Waals surface area contributed by atoms with E-state index in [1.54, 1.807) is 31.4 Å². The molecule has 0 saturated carbocycles. The highest BCUT2D eigenvalue weighted by atomic mass is 32.2. The Balaban J connectivity index is 2.15. The van der Waals surface area contributed by atoms with Crippen molar-refractivity contribution < 1.29 is 13.2 Å². The predicted molar refractivity (Wildman–Crippen MR) is 77.7 cm³/mol. The lowest BCUT2D eigenvalue weighted by Crippen LogP contribution is -2.35. The van der Waals surface area contributed by atoms with Crippen LogP contribution in [0.4, 0.5) is 0 Å². The van der Waals surface area contributed by atoms with Crippen LogP contribution in [0.15, 0.2) is 40.8 Å². The first-order valence-electron chi connectivity index (χ1n) is 6.54. The number of methoxy groups -OCH3 is 1. The van der Waals surface area contributed by atoms with Crippen LogP contribution in [0.3, 0.4) is 0 Å². The summed E-state index contributed by atoms with van der Waals surface area (Å²) in [5, 5.41) is 0. The fourth-order valence-electron chi connectivity index (χ4n) is 2.17. The molecule has 0 aliphatic carbocycles. The quantitative estimate of drug-likeness (QED) is 0.826. The van der Waals surface area contributed by atoms with E-state index in [-0.39, 0.29) is 0 Å². The monoisotopic (exact) mass is 296 g/mol. The molecule has 6 heteroatoms. The normalized spacial score (nSPS) is 17.0. The van der Waals surface area contributed by atoms with Crippen molar-refractivity contribution in [3.8, 4) is 0 Å². The molecule has 1 heterocycles. The van der Waals surface area contributed by atoms with Crippen LogP contribution in [0.5, 0.6) is 0 Å². The second-order valence-electron chi connectivity index (χ2n) is 4.76. The molecule has 2 N–H and O–H groups in total. The van der Waals surface area contributed by atoms with Gasteiger partial charge in [-0.15, -0.1) is 0 Å². The summed E-state index contributed by atoms with van der Waals surface area (Å²) in [5.74, 6) is 0. The Labute approximate surface area is 120 Å². The van der Waals surface area contributed by atoms with Crippen LogP contribution in [-0.2, 0) is 21.3 Å². The Bertz CT molecular complexity index is 579. The number of rotatable bonds is 5. The van der Waals surface area contributed by atoms with Gasteiger partial charge in [0.2, 0.25) is 10.0 Å². The maximum absolute atomic E-state index is 12.5. The summed E-state index contributed by atoms with van der Waals surface area (Å²) in [6, 6.07) is 6.74. The van der Waals surface area contributed by atoms with Gasteiger partial charge in [-0.05, 0) is 29.7 Å². The van der Waals surface area contributed by atoms with Crippen molar-refractivity contribution in [2.75, 3.05) is 26.8 Å². The predicted octanol–water partition coefficient (Wildman–Crippen LogP) is 1.11. The van der Waals surface area contributed by atoms with E-state index in [1.165, 1.54) is 4.31 Å². The van der Waals surface area contributed by atoms with E-state index < -0.39 is 10.0 Å². The van der Waals surface area contributed by atoms with Gasteiger partial charge < -0.3 is 10.5 Å². The summed E-state index contributed by atoms with van der Waals surface area (Å²) in [5.41, 5.74) is 7.59. The molecule has 1 aliphatic heterocycles. The number of sulfonamides is 1. The maximum atomic E-state index is 12.5. The van der Waals surface area contributed by atoms with E-state index in [2.05, 4.69) is 0 Å². The molecule has 1 aromatic rings. The molecule has 20 heavy (non-hydrogen) atoms. The van der Waals surface area contributed by atoms with Gasteiger partial charge in [0.1, 0.15) is 0 Å². The Morgan fingerprint density at radius 1 is 1.30 bits per heavy atom. The van der Waals surface area contributed by atoms with E-state index in [0.29, 0.717) is 37.6 Å². The van der Waals surface area contributed by atoms with Gasteiger partial charge in [-0.3, -0.25) is 0 Å². The number of benzene rings is 1. The van der Waals surface area contributed by atoms with Gasteiger partial charge in [0.05, 0.1) is 11.5 Å². The van der Waals surface area contributed by atoms with Crippen molar-refractivity contribution in [2.24, 2.45) is 5.73 Å². The molecule has 1 aromatic carbocycles. The highest BCUT2D eigenvalue weighted by molar-refractivity contribution is 7.89. The first-order valence-corrected chi connectivity index (χ1v) is 7.98. The number of hydrogen-bond donors (Lipinski definition) is 1. The van der Waals surface area contributed by atoms with Crippen molar-refractivity contribution in [1.29, 1.82) is 0 Å². The van der Waals surface area contributed by atoms with E-state index in [4.69, 9.17) is 10.5 Å². The lowest BCUT2D eigenvalue weighted by Gasteiger charge is -2.25. The van der Waals surface area contributed by atoms with Crippen LogP contribution in [0.2, 0.25) is 0 Å². The first-order chi connectivity index (χ1) is 9.57. The van der Waals surface area contributed by atoms with Crippen molar-refractivity contribution in [3.63, 3.8) is 0 Å². The molecule has 0 radical (unpaired) electrons. The topological polar surface area (TPSA) is 72.6 Å². The Morgan fingerprint density at radius 2 is 2.00 bits per heavy atom. The van der Waals surface area contributed by atoms with Crippen LogP contribution in [0, 0.1) is 0 Å². The van der Waals surface area contributed by atoms with Gasteiger partial charge in [-0.2, -0.15) is 4.31 Å². The third-order valence-electron chi connectivity index (χ3n) is 3.39. The molecule has 0 bridgehead atoms. The van der Waals surface area contributed by atoms with Crippen LogP contribution in [0.25, 0.3) is 0 Å². The van der Waals surface area contributed by atoms with Gasteiger partial charge in [0.15, 0.2) is 0 Å². The summed E-state index contributed by atoms with van der Waals surface area (Å²) >= 11 is 0. The molecule has 0 unspecified atom stereocenters. The number of nitrogens with two attached hydrogens (primary N) is 1. The Hall–Kier alpha value is -1.21. The van der Waals surface area contributed by atoms with Gasteiger partial charge in [-0.1, -0.05) is 18.2 Å². The number of hydrogen-bond acceptors (Lipinski definition) is 4. The molecule has 0 saturated heterocycles. The average Bonchev–Trinajstić information content (AvgIpc) is 2.48. The van der Waals surface area contributed by atoms with Crippen LogP contribution in [0.1, 0.15) is 12.0 Å². The summed E-state index contributed by atoms with van der Waals surface area (Å²) in [4.78, 5) is 0.318. The lowest BCUT2D eigenvalue weighted by atomic mass is 10.1. The van der Waals surface area contributed by atoms with Gasteiger partial charge in [0, 0.05) is 26.7 Å². The standard InChI is InChI=1S/C14H20N2O3S/c1-19-11-13-6-8-16(9-7-13)20(17,18)14-4-2-12(10-15)3-5-14/h2-6H,7-11,15H2,1H3. The fourth-order valence-corrected chi connectivity index (χ4v) is 3.55. The fraction of sp³-hybridized carbons (Fsp3) is 0.429. The van der Waals surface area contributed by atoms with Crippen molar-refractivity contribution in [3.05, 3.63) is 41.5 Å². The van der Waals surface area contributed by atoms with Crippen LogP contribution in [-0.4, -0.2) is 39.5 Å². The Kier molecular flexibility index (Phi) is 4.93. The summed E-state index contributed by atoms with van der Waals surface area (Å²) in [6.45, 7) is 1.88. The average molecular weight is 296 g/mol. The van der Waals surface area contributed by atoms with Gasteiger partial charge in [-0.25, -0.2) is 8.42 Å². The zero-order valence-electron chi connectivity index (χ0n) is 11.6. The Morgan fingerprint density at radius 3 is 2.50 bits per heavy atom. The van der Waals surface area contributed by atoms with Crippen molar-refractivity contribution in [1.82, 2.24) is 4.31 Å². The third-order valence-corrected chi connectivity index (χ3v) is 5.27. The molecule has 110 valence electrons. The highest BCUT2D eigenvalue weighted by Gasteiger charge is 2.25. The largest absolute Gasteiger partial charge is 0.380 e. The van der Waals surface area contributed by atoms with Gasteiger partial charge in [0.25, 0.3) is 0 Å². The summed E-state index contributed by atoms with van der Waals surface area (Å²) in [6.07, 6.45) is 2.65. The van der Waals surface area contributed by atoms with E-state index >= 15 is 0 Å². The molecular weight excluding hydrogens is 276 g/mol. The second kappa shape index (κ2) is 6.49. The molecule has 2 rings (SSSR count). The molecule has 1 aliphatic rings. The minimum Gasteiger partial charge on any atom is -0.380 e. The second-order valence-corrected chi connectivity index (χ2v) is 6.69. The molecular formula is C14H20N2O3S. The number of ether oxygens (including phenoxy) is 1. The van der Waals surface area contributed by atoms with E-state index in [1.807, 2.05) is 6.08 Å². The zero-order valence-corrected chi connectivity index (χ0v) is 12.4. The molecule has 5 nitrogen and oxygen atoms in total. The maximum Gasteiger partial charge on any atom is 0.243 e. The van der Waals surface area contributed by atoms with E-state index in [9.17, 15) is 8.42 Å². The lowest BCUT2D eigenvalue weighted by molar-refractivity contribution is 0.219. The molecule has 0 amide bonds. The third kappa shape index (κ3) is 3.27. The first kappa shape index (κ1) is 15.2. The summed E-state index contributed by atoms with van der Waals surface area (Å²) in [7, 11) is -1.78. The molecule has 0 fully saturated rings. The minimum absolute atomic E-state index is 0.318. The van der Waals surface area contributed by atoms with Crippen molar-refractivity contribution >= 4 is 10.0 Å². The number of nitrogens with zero attached hydrogens (tertiary/aromatic N) is 1. The zero-order chi connectivity index (χ0) is 14.6. The van der Waals surface area contributed by atoms with Gasteiger partial charge >= 0.3 is 0 Å².